The summed E-state index contributed by atoms with van der Waals surface area (Å²) in [4.78, 5) is 25.3. The van der Waals surface area contributed by atoms with Gasteiger partial charge in [0.2, 0.25) is 5.91 Å². The molecular formula is C21H23N3O6S. The van der Waals surface area contributed by atoms with Crippen molar-refractivity contribution in [3.8, 4) is 11.5 Å². The number of amides is 2. The number of carbonyl (C=O) groups is 2. The standard InChI is InChI=1S/C21H23N3O6S/c1-13-4-6-17(10-18(13)22-2)31(28,29)24-12-20(26)23-11-15(21(24)27)8-14-9-16(25)5-7-19(14)30-3/h4-10,22,25H,11-12H2,1-3H3,(H,23,26)/b15-8+. The van der Waals surface area contributed by atoms with Gasteiger partial charge >= 0.3 is 0 Å². The molecule has 1 aliphatic rings. The molecule has 31 heavy (non-hydrogen) atoms. The fourth-order valence-corrected chi connectivity index (χ4v) is 4.56. The molecule has 0 bridgehead atoms. The Morgan fingerprint density at radius 2 is 1.94 bits per heavy atom. The van der Waals surface area contributed by atoms with Crippen LogP contribution in [-0.4, -0.2) is 56.9 Å². The van der Waals surface area contributed by atoms with Crippen molar-refractivity contribution in [3.63, 3.8) is 0 Å². The first-order valence-corrected chi connectivity index (χ1v) is 10.8. The maximum Gasteiger partial charge on any atom is 0.267 e. The summed E-state index contributed by atoms with van der Waals surface area (Å²) in [7, 11) is -1.22. The molecule has 0 aliphatic carbocycles. The quantitative estimate of drug-likeness (QED) is 0.596. The zero-order valence-electron chi connectivity index (χ0n) is 17.3. The first-order valence-electron chi connectivity index (χ1n) is 9.37. The molecule has 0 aromatic heterocycles. The number of phenolic OH excluding ortho intramolecular Hbond substituents is 1. The number of methoxy groups -OCH3 is 1. The van der Waals surface area contributed by atoms with Crippen LogP contribution in [0.1, 0.15) is 11.1 Å². The number of nitrogens with zero attached hydrogens (tertiary/aromatic N) is 1. The van der Waals surface area contributed by atoms with E-state index >= 15 is 0 Å². The normalized spacial score (nSPS) is 16.1. The molecule has 0 spiro atoms. The second-order valence-corrected chi connectivity index (χ2v) is 8.78. The van der Waals surface area contributed by atoms with E-state index in [0.29, 0.717) is 21.3 Å². The number of sulfonamides is 1. The number of hydrogen-bond donors (Lipinski definition) is 3. The fraction of sp³-hybridized carbons (Fsp3) is 0.238. The van der Waals surface area contributed by atoms with E-state index in [0.717, 1.165) is 5.56 Å². The number of aromatic hydroxyl groups is 1. The summed E-state index contributed by atoms with van der Waals surface area (Å²) >= 11 is 0. The van der Waals surface area contributed by atoms with Gasteiger partial charge in [-0.15, -0.1) is 0 Å². The third kappa shape index (κ3) is 4.48. The monoisotopic (exact) mass is 445 g/mol. The summed E-state index contributed by atoms with van der Waals surface area (Å²) in [5.74, 6) is -1.12. The lowest BCUT2D eigenvalue weighted by Crippen LogP contribution is -2.40. The van der Waals surface area contributed by atoms with Gasteiger partial charge in [-0.3, -0.25) is 9.59 Å². The minimum atomic E-state index is -4.30. The highest BCUT2D eigenvalue weighted by Gasteiger charge is 2.35. The van der Waals surface area contributed by atoms with Gasteiger partial charge in [-0.2, -0.15) is 0 Å². The first kappa shape index (κ1) is 22.2. The van der Waals surface area contributed by atoms with Crippen LogP contribution in [0.3, 0.4) is 0 Å². The molecular weight excluding hydrogens is 422 g/mol. The van der Waals surface area contributed by atoms with Crippen molar-refractivity contribution in [1.82, 2.24) is 9.62 Å². The van der Waals surface area contributed by atoms with E-state index in [1.54, 1.807) is 13.1 Å². The summed E-state index contributed by atoms with van der Waals surface area (Å²) < 4.78 is 32.3. The van der Waals surface area contributed by atoms with Crippen LogP contribution in [0.2, 0.25) is 0 Å². The number of aryl methyl sites for hydroxylation is 1. The number of hydrogen-bond acceptors (Lipinski definition) is 7. The number of nitrogens with one attached hydrogen (secondary N) is 2. The summed E-state index contributed by atoms with van der Waals surface area (Å²) in [6.45, 7) is 1.01. The molecule has 10 heteroatoms. The molecule has 1 heterocycles. The molecule has 3 rings (SSSR count). The minimum absolute atomic E-state index is 0.0271. The maximum atomic E-state index is 13.3. The molecule has 2 aromatic rings. The number of phenols is 1. The Hall–Kier alpha value is -3.53. The summed E-state index contributed by atoms with van der Waals surface area (Å²) in [6, 6.07) is 8.75. The number of rotatable bonds is 5. The molecule has 9 nitrogen and oxygen atoms in total. The van der Waals surface area contributed by atoms with E-state index in [-0.39, 0.29) is 22.8 Å². The molecule has 1 saturated heterocycles. The fourth-order valence-electron chi connectivity index (χ4n) is 3.18. The molecule has 1 aliphatic heterocycles. The van der Waals surface area contributed by atoms with E-state index in [9.17, 15) is 23.1 Å². The molecule has 0 radical (unpaired) electrons. The predicted molar refractivity (Wildman–Crippen MR) is 115 cm³/mol. The summed E-state index contributed by atoms with van der Waals surface area (Å²) in [6.07, 6.45) is 1.39. The second kappa shape index (κ2) is 8.68. The highest BCUT2D eigenvalue weighted by atomic mass is 32.2. The lowest BCUT2D eigenvalue weighted by atomic mass is 10.1. The Morgan fingerprint density at radius 1 is 1.19 bits per heavy atom. The third-order valence-corrected chi connectivity index (χ3v) is 6.60. The highest BCUT2D eigenvalue weighted by Crippen LogP contribution is 2.28. The van der Waals surface area contributed by atoms with Gasteiger partial charge in [0.05, 0.1) is 12.0 Å². The smallest absolute Gasteiger partial charge is 0.267 e. The average Bonchev–Trinajstić information content (AvgIpc) is 2.88. The maximum absolute atomic E-state index is 13.3. The van der Waals surface area contributed by atoms with Gasteiger partial charge in [-0.25, -0.2) is 12.7 Å². The Bertz CT molecular complexity index is 1170. The van der Waals surface area contributed by atoms with Gasteiger partial charge in [0.1, 0.15) is 18.0 Å². The van der Waals surface area contributed by atoms with Gasteiger partial charge < -0.3 is 20.5 Å². The Labute approximate surface area is 180 Å². The number of ether oxygens (including phenoxy) is 1. The summed E-state index contributed by atoms with van der Waals surface area (Å²) in [5, 5.41) is 15.2. The van der Waals surface area contributed by atoms with Crippen LogP contribution in [0.5, 0.6) is 11.5 Å². The zero-order valence-corrected chi connectivity index (χ0v) is 18.1. The van der Waals surface area contributed by atoms with Crippen molar-refractivity contribution in [2.24, 2.45) is 0 Å². The topological polar surface area (TPSA) is 125 Å². The molecule has 2 aromatic carbocycles. The van der Waals surface area contributed by atoms with Crippen LogP contribution in [0.25, 0.3) is 6.08 Å². The van der Waals surface area contributed by atoms with E-state index in [4.69, 9.17) is 4.74 Å². The molecule has 164 valence electrons. The second-order valence-electron chi connectivity index (χ2n) is 6.92. The molecule has 2 amide bonds. The largest absolute Gasteiger partial charge is 0.508 e. The van der Waals surface area contributed by atoms with Gasteiger partial charge in [0.15, 0.2) is 0 Å². The highest BCUT2D eigenvalue weighted by molar-refractivity contribution is 7.89. The van der Waals surface area contributed by atoms with E-state index in [1.807, 2.05) is 6.92 Å². The first-order chi connectivity index (χ1) is 14.7. The number of anilines is 1. The van der Waals surface area contributed by atoms with E-state index in [2.05, 4.69) is 10.6 Å². The Morgan fingerprint density at radius 3 is 2.61 bits per heavy atom. The van der Waals surface area contributed by atoms with Gasteiger partial charge in [-0.05, 0) is 48.9 Å². The van der Waals surface area contributed by atoms with E-state index in [1.165, 1.54) is 43.5 Å². The van der Waals surface area contributed by atoms with Gasteiger partial charge in [0.25, 0.3) is 15.9 Å². The Balaban J connectivity index is 2.08. The Kier molecular flexibility index (Phi) is 6.21. The van der Waals surface area contributed by atoms with Crippen LogP contribution >= 0.6 is 0 Å². The van der Waals surface area contributed by atoms with Crippen LogP contribution in [0, 0.1) is 6.92 Å². The van der Waals surface area contributed by atoms with Crippen LogP contribution in [-0.2, 0) is 19.6 Å². The minimum Gasteiger partial charge on any atom is -0.508 e. The number of benzene rings is 2. The van der Waals surface area contributed by atoms with Crippen molar-refractivity contribution in [2.75, 3.05) is 32.6 Å². The van der Waals surface area contributed by atoms with Crippen molar-refractivity contribution < 1.29 is 27.9 Å². The molecule has 0 atom stereocenters. The van der Waals surface area contributed by atoms with Crippen LogP contribution < -0.4 is 15.4 Å². The molecule has 0 saturated carbocycles. The van der Waals surface area contributed by atoms with Crippen LogP contribution in [0.4, 0.5) is 5.69 Å². The lowest BCUT2D eigenvalue weighted by molar-refractivity contribution is -0.127. The van der Waals surface area contributed by atoms with E-state index < -0.39 is 28.4 Å². The van der Waals surface area contributed by atoms with Gasteiger partial charge in [0, 0.05) is 30.4 Å². The molecule has 0 unspecified atom stereocenters. The molecule has 3 N–H and O–H groups in total. The van der Waals surface area contributed by atoms with Crippen molar-refractivity contribution in [1.29, 1.82) is 0 Å². The summed E-state index contributed by atoms with van der Waals surface area (Å²) in [5.41, 5.74) is 1.82. The molecule has 1 fully saturated rings. The average molecular weight is 445 g/mol. The van der Waals surface area contributed by atoms with Crippen molar-refractivity contribution in [3.05, 3.63) is 53.1 Å². The third-order valence-electron chi connectivity index (χ3n) is 4.87. The SMILES string of the molecule is CNc1cc(S(=O)(=O)N2CC(=O)NC/C(=C\c3cc(O)ccc3OC)C2=O)ccc1C. The van der Waals surface area contributed by atoms with Crippen molar-refractivity contribution >= 4 is 33.6 Å². The predicted octanol–water partition coefficient (Wildman–Crippen LogP) is 1.48. The van der Waals surface area contributed by atoms with Crippen LogP contribution in [0.15, 0.2) is 46.9 Å². The lowest BCUT2D eigenvalue weighted by Gasteiger charge is -2.21. The van der Waals surface area contributed by atoms with Crippen molar-refractivity contribution in [2.45, 2.75) is 11.8 Å². The number of carbonyl (C=O) groups excluding carboxylic acids is 2. The zero-order chi connectivity index (χ0) is 22.8. The van der Waals surface area contributed by atoms with Gasteiger partial charge in [-0.1, -0.05) is 6.07 Å².